The highest BCUT2D eigenvalue weighted by atomic mass is 35.5. The highest BCUT2D eigenvalue weighted by Gasteiger charge is 2.13. The third-order valence-corrected chi connectivity index (χ3v) is 3.53. The molecule has 90 valence electrons. The first kappa shape index (κ1) is 13.7. The second-order valence-electron chi connectivity index (χ2n) is 3.66. The lowest BCUT2D eigenvalue weighted by atomic mass is 10.1. The van der Waals surface area contributed by atoms with Crippen molar-refractivity contribution < 1.29 is 8.78 Å². The zero-order valence-electron chi connectivity index (χ0n) is 9.23. The second kappa shape index (κ2) is 7.02. The number of hydrogen-bond acceptors (Lipinski definition) is 1. The third-order valence-electron chi connectivity index (χ3n) is 2.41. The summed E-state index contributed by atoms with van der Waals surface area (Å²) in [7, 11) is 0. The Morgan fingerprint density at radius 1 is 1.31 bits per heavy atom. The minimum Gasteiger partial charge on any atom is -0.201 e. The Balaban J connectivity index is 2.61. The standard InChI is InChI=1S/C12H15ClF2S/c1-2-3-4-5-6-9-7-8-16-11(9)10(14)12(13)15/h7-8H,2-6H2,1H3/b12-10+. The molecule has 0 aliphatic rings. The molecule has 0 bridgehead atoms. The zero-order valence-corrected chi connectivity index (χ0v) is 10.8. The predicted molar refractivity (Wildman–Crippen MR) is 67.2 cm³/mol. The molecule has 0 atom stereocenters. The van der Waals surface area contributed by atoms with Gasteiger partial charge < -0.3 is 0 Å². The lowest BCUT2D eigenvalue weighted by Crippen LogP contribution is -1.87. The van der Waals surface area contributed by atoms with Crippen LogP contribution in [0, 0.1) is 0 Å². The smallest absolute Gasteiger partial charge is 0.201 e. The van der Waals surface area contributed by atoms with E-state index in [-0.39, 0.29) is 0 Å². The van der Waals surface area contributed by atoms with Crippen molar-refractivity contribution in [3.63, 3.8) is 0 Å². The molecule has 0 N–H and O–H groups in total. The Hall–Kier alpha value is -0.410. The SMILES string of the molecule is CCCCCCc1ccsc1/C(F)=C(\F)Cl. The third kappa shape index (κ3) is 3.87. The highest BCUT2D eigenvalue weighted by molar-refractivity contribution is 7.11. The average Bonchev–Trinajstić information content (AvgIpc) is 2.71. The van der Waals surface area contributed by atoms with Gasteiger partial charge in [-0.15, -0.1) is 11.3 Å². The molecule has 1 heterocycles. The van der Waals surface area contributed by atoms with Crippen molar-refractivity contribution in [3.05, 3.63) is 27.2 Å². The van der Waals surface area contributed by atoms with Crippen molar-refractivity contribution in [3.8, 4) is 0 Å². The van der Waals surface area contributed by atoms with Crippen LogP contribution in [0.15, 0.2) is 16.7 Å². The maximum atomic E-state index is 13.3. The molecule has 16 heavy (non-hydrogen) atoms. The van der Waals surface area contributed by atoms with Gasteiger partial charge in [0.1, 0.15) is 0 Å². The number of hydrogen-bond donors (Lipinski definition) is 0. The zero-order chi connectivity index (χ0) is 12.0. The van der Waals surface area contributed by atoms with E-state index in [9.17, 15) is 8.78 Å². The van der Waals surface area contributed by atoms with Gasteiger partial charge in [0, 0.05) is 0 Å². The molecule has 0 amide bonds. The lowest BCUT2D eigenvalue weighted by molar-refractivity contribution is 0.647. The fourth-order valence-electron chi connectivity index (χ4n) is 1.55. The molecule has 0 radical (unpaired) electrons. The molecule has 0 aliphatic heterocycles. The van der Waals surface area contributed by atoms with E-state index in [1.807, 2.05) is 6.07 Å². The van der Waals surface area contributed by atoms with Crippen molar-refractivity contribution >= 4 is 28.8 Å². The van der Waals surface area contributed by atoms with Gasteiger partial charge in [-0.3, -0.25) is 0 Å². The molecular formula is C12H15ClF2S. The maximum absolute atomic E-state index is 13.3. The molecule has 0 saturated heterocycles. The van der Waals surface area contributed by atoms with Crippen LogP contribution in [0.2, 0.25) is 0 Å². The molecule has 0 unspecified atom stereocenters. The summed E-state index contributed by atoms with van der Waals surface area (Å²) in [6, 6.07) is 1.84. The summed E-state index contributed by atoms with van der Waals surface area (Å²) in [4.78, 5) is 0.337. The Labute approximate surface area is 104 Å². The first-order valence-corrected chi connectivity index (χ1v) is 6.70. The summed E-state index contributed by atoms with van der Waals surface area (Å²) < 4.78 is 25.9. The summed E-state index contributed by atoms with van der Waals surface area (Å²) in [5.41, 5.74) is 0.856. The van der Waals surface area contributed by atoms with E-state index >= 15 is 0 Å². The van der Waals surface area contributed by atoms with Crippen molar-refractivity contribution in [1.29, 1.82) is 0 Å². The van der Waals surface area contributed by atoms with E-state index < -0.39 is 11.1 Å². The van der Waals surface area contributed by atoms with Crippen LogP contribution < -0.4 is 0 Å². The first-order chi connectivity index (χ1) is 7.66. The van der Waals surface area contributed by atoms with Crippen LogP contribution in [0.4, 0.5) is 8.78 Å². The molecule has 0 aromatic carbocycles. The van der Waals surface area contributed by atoms with Crippen molar-refractivity contribution in [2.75, 3.05) is 0 Å². The number of halogens is 3. The molecule has 1 aromatic heterocycles. The molecular weight excluding hydrogens is 250 g/mol. The van der Waals surface area contributed by atoms with Gasteiger partial charge in [0.15, 0.2) is 5.83 Å². The van der Waals surface area contributed by atoms with Gasteiger partial charge in [-0.1, -0.05) is 26.2 Å². The van der Waals surface area contributed by atoms with E-state index in [1.165, 1.54) is 24.2 Å². The van der Waals surface area contributed by atoms with E-state index in [4.69, 9.17) is 11.6 Å². The van der Waals surface area contributed by atoms with Crippen molar-refractivity contribution in [2.45, 2.75) is 39.0 Å². The van der Waals surface area contributed by atoms with Gasteiger partial charge in [0.05, 0.1) is 4.88 Å². The quantitative estimate of drug-likeness (QED) is 0.580. The Kier molecular flexibility index (Phi) is 5.99. The van der Waals surface area contributed by atoms with Gasteiger partial charge in [-0.2, -0.15) is 4.39 Å². The van der Waals surface area contributed by atoms with Crippen LogP contribution in [0.1, 0.15) is 43.0 Å². The summed E-state index contributed by atoms with van der Waals surface area (Å²) in [5, 5.41) is 0.515. The first-order valence-electron chi connectivity index (χ1n) is 5.44. The minimum absolute atomic E-state index is 0.337. The Bertz CT molecular complexity index is 354. The van der Waals surface area contributed by atoms with Crippen LogP contribution in [-0.4, -0.2) is 0 Å². The largest absolute Gasteiger partial charge is 0.226 e. The summed E-state index contributed by atoms with van der Waals surface area (Å²) >= 11 is 6.21. The molecule has 4 heteroatoms. The summed E-state index contributed by atoms with van der Waals surface area (Å²) in [5.74, 6) is -0.929. The van der Waals surface area contributed by atoms with Crippen LogP contribution in [-0.2, 0) is 6.42 Å². The second-order valence-corrected chi connectivity index (χ2v) is 4.91. The number of unbranched alkanes of at least 4 members (excludes halogenated alkanes) is 3. The van der Waals surface area contributed by atoms with Gasteiger partial charge >= 0.3 is 0 Å². The van der Waals surface area contributed by atoms with Crippen LogP contribution in [0.25, 0.3) is 5.83 Å². The maximum Gasteiger partial charge on any atom is 0.226 e. The normalized spacial score (nSPS) is 12.8. The minimum atomic E-state index is -1.25. The van der Waals surface area contributed by atoms with Gasteiger partial charge in [-0.25, -0.2) is 4.39 Å². The molecule has 0 spiro atoms. The Morgan fingerprint density at radius 2 is 2.06 bits per heavy atom. The number of aryl methyl sites for hydroxylation is 1. The summed E-state index contributed by atoms with van der Waals surface area (Å²) in [6.45, 7) is 2.14. The van der Waals surface area contributed by atoms with E-state index in [1.54, 1.807) is 5.38 Å². The van der Waals surface area contributed by atoms with Crippen molar-refractivity contribution in [1.82, 2.24) is 0 Å². The van der Waals surface area contributed by atoms with Crippen molar-refractivity contribution in [2.24, 2.45) is 0 Å². The average molecular weight is 265 g/mol. The fraction of sp³-hybridized carbons (Fsp3) is 0.500. The van der Waals surface area contributed by atoms with Gasteiger partial charge in [-0.05, 0) is 41.5 Å². The number of thiophene rings is 1. The van der Waals surface area contributed by atoms with E-state index in [2.05, 4.69) is 6.92 Å². The monoisotopic (exact) mass is 264 g/mol. The van der Waals surface area contributed by atoms with Gasteiger partial charge in [0.2, 0.25) is 5.29 Å². The molecule has 1 rings (SSSR count). The predicted octanol–water partition coefficient (Wildman–Crippen LogP) is 5.67. The Morgan fingerprint density at radius 3 is 2.69 bits per heavy atom. The summed E-state index contributed by atoms with van der Waals surface area (Å²) in [6.07, 6.45) is 5.27. The van der Waals surface area contributed by atoms with Crippen LogP contribution in [0.3, 0.4) is 0 Å². The van der Waals surface area contributed by atoms with Gasteiger partial charge in [0.25, 0.3) is 0 Å². The van der Waals surface area contributed by atoms with Crippen LogP contribution >= 0.6 is 22.9 Å². The lowest BCUT2D eigenvalue weighted by Gasteiger charge is -2.01. The van der Waals surface area contributed by atoms with E-state index in [0.29, 0.717) is 4.88 Å². The van der Waals surface area contributed by atoms with E-state index in [0.717, 1.165) is 24.8 Å². The molecule has 1 aromatic rings. The number of rotatable bonds is 6. The highest BCUT2D eigenvalue weighted by Crippen LogP contribution is 2.31. The van der Waals surface area contributed by atoms with Crippen LogP contribution in [0.5, 0.6) is 0 Å². The molecule has 0 aliphatic carbocycles. The molecule has 0 nitrogen and oxygen atoms in total. The molecule has 0 fully saturated rings. The fourth-order valence-corrected chi connectivity index (χ4v) is 2.59. The molecule has 0 saturated carbocycles. The topological polar surface area (TPSA) is 0 Å².